The zero-order chi connectivity index (χ0) is 14.3. The number of benzene rings is 1. The molecule has 0 aliphatic carbocycles. The van der Waals surface area contributed by atoms with Crippen molar-refractivity contribution in [1.82, 2.24) is 9.62 Å². The van der Waals surface area contributed by atoms with Gasteiger partial charge in [0, 0.05) is 30.2 Å². The molecule has 0 amide bonds. The smallest absolute Gasteiger partial charge is 0.208 e. The number of nitrogens with one attached hydrogen (secondary N) is 1. The molecule has 1 N–H and O–H groups in total. The molecule has 1 fully saturated rings. The summed E-state index contributed by atoms with van der Waals surface area (Å²) in [6.45, 7) is 1.98. The molecule has 1 saturated heterocycles. The van der Waals surface area contributed by atoms with Crippen LogP contribution < -0.4 is 4.72 Å². The fourth-order valence-electron chi connectivity index (χ4n) is 3.38. The zero-order valence-electron chi connectivity index (χ0n) is 11.9. The highest BCUT2D eigenvalue weighted by atomic mass is 35.5. The molecule has 0 unspecified atom stereocenters. The van der Waals surface area contributed by atoms with Crippen LogP contribution in [0.2, 0.25) is 5.02 Å². The Morgan fingerprint density at radius 1 is 1.33 bits per heavy atom. The normalized spacial score (nSPS) is 25.6. The third kappa shape index (κ3) is 3.90. The van der Waals surface area contributed by atoms with Gasteiger partial charge < -0.3 is 0 Å². The van der Waals surface area contributed by atoms with E-state index in [4.69, 9.17) is 11.6 Å². The van der Waals surface area contributed by atoms with Gasteiger partial charge in [0.2, 0.25) is 10.0 Å². The molecule has 0 saturated carbocycles. The quantitative estimate of drug-likeness (QED) is 0.890. The van der Waals surface area contributed by atoms with Crippen LogP contribution >= 0.6 is 24.0 Å². The lowest BCUT2D eigenvalue weighted by Crippen LogP contribution is -2.48. The van der Waals surface area contributed by atoms with Crippen molar-refractivity contribution in [3.8, 4) is 0 Å². The molecule has 0 spiro atoms. The molecule has 0 bridgehead atoms. The van der Waals surface area contributed by atoms with Gasteiger partial charge in [-0.15, -0.1) is 12.4 Å². The Morgan fingerprint density at radius 2 is 2.10 bits per heavy atom. The fourth-order valence-corrected chi connectivity index (χ4v) is 4.38. The number of piperidine rings is 1. The lowest BCUT2D eigenvalue weighted by molar-refractivity contribution is 0.122. The standard InChI is InChI=1S/C14H19ClN2O2S.ClH/c1-20(18,19)16-12-5-7-17-6-4-10-2-3-11(15)8-13(10)14(17)9-12;/h2-3,8,12,14,16H,4-7,9H2,1H3;1H/t12-,14+;/m1./s1. The van der Waals surface area contributed by atoms with Gasteiger partial charge in [0.25, 0.3) is 0 Å². The number of rotatable bonds is 2. The van der Waals surface area contributed by atoms with Gasteiger partial charge in [-0.3, -0.25) is 4.90 Å². The summed E-state index contributed by atoms with van der Waals surface area (Å²) < 4.78 is 25.6. The summed E-state index contributed by atoms with van der Waals surface area (Å²) in [5.41, 5.74) is 2.61. The van der Waals surface area contributed by atoms with E-state index in [1.54, 1.807) is 0 Å². The lowest BCUT2D eigenvalue weighted by atomic mass is 9.85. The number of halogens is 2. The third-order valence-corrected chi connectivity index (χ3v) is 5.23. The van der Waals surface area contributed by atoms with Gasteiger partial charge in [-0.1, -0.05) is 17.7 Å². The lowest BCUT2D eigenvalue weighted by Gasteiger charge is -2.43. The minimum atomic E-state index is -3.14. The Kier molecular flexibility index (Phi) is 5.21. The first-order chi connectivity index (χ1) is 9.42. The van der Waals surface area contributed by atoms with E-state index in [0.717, 1.165) is 37.4 Å². The summed E-state index contributed by atoms with van der Waals surface area (Å²) in [4.78, 5) is 2.44. The van der Waals surface area contributed by atoms with Crippen LogP contribution in [0, 0.1) is 0 Å². The highest BCUT2D eigenvalue weighted by Crippen LogP contribution is 2.37. The van der Waals surface area contributed by atoms with E-state index in [1.807, 2.05) is 12.1 Å². The molecule has 2 atom stereocenters. The van der Waals surface area contributed by atoms with Gasteiger partial charge in [0.1, 0.15) is 0 Å². The molecule has 7 heteroatoms. The van der Waals surface area contributed by atoms with Crippen LogP contribution in [-0.4, -0.2) is 38.7 Å². The molecule has 118 valence electrons. The molecule has 2 heterocycles. The molecule has 0 aromatic heterocycles. The number of nitrogens with zero attached hydrogens (tertiary/aromatic N) is 1. The van der Waals surface area contributed by atoms with E-state index in [2.05, 4.69) is 15.7 Å². The molecular weight excluding hydrogens is 331 g/mol. The van der Waals surface area contributed by atoms with Gasteiger partial charge in [-0.2, -0.15) is 0 Å². The predicted molar refractivity (Wildman–Crippen MR) is 87.7 cm³/mol. The molecule has 4 nitrogen and oxygen atoms in total. The van der Waals surface area contributed by atoms with E-state index in [-0.39, 0.29) is 24.5 Å². The molecule has 1 aromatic rings. The predicted octanol–water partition coefficient (Wildman–Crippen LogP) is 2.37. The van der Waals surface area contributed by atoms with E-state index in [9.17, 15) is 8.42 Å². The first kappa shape index (κ1) is 17.0. The van der Waals surface area contributed by atoms with Crippen LogP contribution in [0.3, 0.4) is 0 Å². The van der Waals surface area contributed by atoms with Crippen molar-refractivity contribution in [2.24, 2.45) is 0 Å². The van der Waals surface area contributed by atoms with Gasteiger partial charge in [-0.25, -0.2) is 13.1 Å². The van der Waals surface area contributed by atoms with Gasteiger partial charge in [0.05, 0.1) is 6.26 Å². The Balaban J connectivity index is 0.00000161. The third-order valence-electron chi connectivity index (χ3n) is 4.23. The first-order valence-corrected chi connectivity index (χ1v) is 9.19. The van der Waals surface area contributed by atoms with E-state index in [1.165, 1.54) is 17.4 Å². The summed E-state index contributed by atoms with van der Waals surface area (Å²) in [6, 6.07) is 6.38. The summed E-state index contributed by atoms with van der Waals surface area (Å²) in [5, 5.41) is 0.754. The van der Waals surface area contributed by atoms with E-state index < -0.39 is 10.0 Å². The Labute approximate surface area is 137 Å². The van der Waals surface area contributed by atoms with Crippen LogP contribution in [-0.2, 0) is 16.4 Å². The van der Waals surface area contributed by atoms with E-state index in [0.29, 0.717) is 0 Å². The first-order valence-electron chi connectivity index (χ1n) is 6.92. The molecule has 2 aliphatic heterocycles. The average molecular weight is 351 g/mol. The fraction of sp³-hybridized carbons (Fsp3) is 0.571. The van der Waals surface area contributed by atoms with Gasteiger partial charge in [0.15, 0.2) is 0 Å². The topological polar surface area (TPSA) is 49.4 Å². The molecule has 21 heavy (non-hydrogen) atoms. The van der Waals surface area contributed by atoms with Crippen molar-refractivity contribution in [2.75, 3.05) is 19.3 Å². The second kappa shape index (κ2) is 6.42. The number of sulfonamides is 1. The zero-order valence-corrected chi connectivity index (χ0v) is 14.3. The van der Waals surface area contributed by atoms with Crippen molar-refractivity contribution in [3.05, 3.63) is 34.3 Å². The van der Waals surface area contributed by atoms with E-state index >= 15 is 0 Å². The monoisotopic (exact) mass is 350 g/mol. The number of hydrogen-bond donors (Lipinski definition) is 1. The average Bonchev–Trinajstić information content (AvgIpc) is 2.36. The van der Waals surface area contributed by atoms with Crippen molar-refractivity contribution in [3.63, 3.8) is 0 Å². The Morgan fingerprint density at radius 3 is 2.81 bits per heavy atom. The number of fused-ring (bicyclic) bond motifs is 3. The SMILES string of the molecule is CS(=O)(=O)N[C@@H]1CCN2CCc3ccc(Cl)cc3[C@@H]2C1.Cl. The van der Waals surface area contributed by atoms with Crippen molar-refractivity contribution in [2.45, 2.75) is 31.3 Å². The maximum Gasteiger partial charge on any atom is 0.208 e. The second-order valence-electron chi connectivity index (χ2n) is 5.76. The number of hydrogen-bond acceptors (Lipinski definition) is 3. The summed E-state index contributed by atoms with van der Waals surface area (Å²) in [6.07, 6.45) is 3.97. The van der Waals surface area contributed by atoms with Crippen LogP contribution in [0.5, 0.6) is 0 Å². The summed E-state index contributed by atoms with van der Waals surface area (Å²) in [7, 11) is -3.14. The second-order valence-corrected chi connectivity index (χ2v) is 7.97. The maximum atomic E-state index is 11.4. The molecule has 1 aromatic carbocycles. The van der Waals surface area contributed by atoms with Crippen LogP contribution in [0.4, 0.5) is 0 Å². The van der Waals surface area contributed by atoms with Crippen molar-refractivity contribution in [1.29, 1.82) is 0 Å². The van der Waals surface area contributed by atoms with Crippen LogP contribution in [0.15, 0.2) is 18.2 Å². The minimum absolute atomic E-state index is 0. The molecule has 2 aliphatic rings. The Hall–Kier alpha value is -0.330. The summed E-state index contributed by atoms with van der Waals surface area (Å²) in [5.74, 6) is 0. The van der Waals surface area contributed by atoms with Gasteiger partial charge >= 0.3 is 0 Å². The van der Waals surface area contributed by atoms with Crippen molar-refractivity contribution >= 4 is 34.0 Å². The Bertz CT molecular complexity index is 621. The minimum Gasteiger partial charge on any atom is -0.296 e. The molecule has 3 rings (SSSR count). The largest absolute Gasteiger partial charge is 0.296 e. The highest BCUT2D eigenvalue weighted by molar-refractivity contribution is 7.88. The van der Waals surface area contributed by atoms with Gasteiger partial charge in [-0.05, 0) is 42.5 Å². The van der Waals surface area contributed by atoms with Crippen molar-refractivity contribution < 1.29 is 8.42 Å². The molecular formula is C14H20Cl2N2O2S. The maximum absolute atomic E-state index is 11.4. The van der Waals surface area contributed by atoms with Crippen LogP contribution in [0.25, 0.3) is 0 Å². The highest BCUT2D eigenvalue weighted by Gasteiger charge is 2.34. The molecule has 0 radical (unpaired) electrons. The summed E-state index contributed by atoms with van der Waals surface area (Å²) >= 11 is 6.12. The van der Waals surface area contributed by atoms with Crippen LogP contribution in [0.1, 0.15) is 30.0 Å².